The Labute approximate surface area is 171 Å². The molecule has 7 heteroatoms. The van der Waals surface area contributed by atoms with Gasteiger partial charge in [0.05, 0.1) is 34.2 Å². The van der Waals surface area contributed by atoms with Gasteiger partial charge in [0.2, 0.25) is 0 Å². The molecular formula is C23H17N3O4. The highest BCUT2D eigenvalue weighted by Crippen LogP contribution is 2.25. The standard InChI is InChI=1S/C23H17N3O4/c1-30-21-13-7-6-12-20(21)25-22(24-18-10-4-3-9-17(18)23(25)27)15-14-16-8-2-5-11-19(16)26(28)29/h2-15H,1H3/b15-14+. The Bertz CT molecular complexity index is 1340. The Morgan fingerprint density at radius 3 is 2.47 bits per heavy atom. The molecule has 0 saturated heterocycles. The van der Waals surface area contributed by atoms with E-state index >= 15 is 0 Å². The minimum Gasteiger partial charge on any atom is -0.495 e. The zero-order valence-corrected chi connectivity index (χ0v) is 16.1. The number of rotatable bonds is 5. The van der Waals surface area contributed by atoms with Crippen LogP contribution in [0.25, 0.3) is 28.7 Å². The van der Waals surface area contributed by atoms with Gasteiger partial charge < -0.3 is 4.74 Å². The number of benzene rings is 3. The fraction of sp³-hybridized carbons (Fsp3) is 0.0435. The van der Waals surface area contributed by atoms with E-state index in [1.54, 1.807) is 72.8 Å². The second-order valence-corrected chi connectivity index (χ2v) is 6.45. The van der Waals surface area contributed by atoms with Crippen molar-refractivity contribution in [1.82, 2.24) is 9.55 Å². The highest BCUT2D eigenvalue weighted by atomic mass is 16.6. The van der Waals surface area contributed by atoms with Gasteiger partial charge in [0, 0.05) is 6.07 Å². The van der Waals surface area contributed by atoms with Crippen LogP contribution in [0.4, 0.5) is 5.69 Å². The van der Waals surface area contributed by atoms with Gasteiger partial charge in [-0.2, -0.15) is 0 Å². The maximum absolute atomic E-state index is 13.3. The van der Waals surface area contributed by atoms with Gasteiger partial charge in [0.15, 0.2) is 0 Å². The molecule has 0 aliphatic heterocycles. The van der Waals surface area contributed by atoms with E-state index in [2.05, 4.69) is 4.98 Å². The number of hydrogen-bond donors (Lipinski definition) is 0. The Balaban J connectivity index is 1.98. The van der Waals surface area contributed by atoms with Crippen molar-refractivity contribution >= 4 is 28.7 Å². The van der Waals surface area contributed by atoms with Crippen molar-refractivity contribution in [3.05, 3.63) is 105 Å². The molecule has 0 radical (unpaired) electrons. The molecule has 1 aromatic heterocycles. The topological polar surface area (TPSA) is 87.3 Å². The Morgan fingerprint density at radius 2 is 1.67 bits per heavy atom. The highest BCUT2D eigenvalue weighted by molar-refractivity contribution is 5.81. The smallest absolute Gasteiger partial charge is 0.276 e. The number of fused-ring (bicyclic) bond motifs is 1. The van der Waals surface area contributed by atoms with E-state index in [0.717, 1.165) is 0 Å². The third-order valence-corrected chi connectivity index (χ3v) is 4.67. The molecular weight excluding hydrogens is 382 g/mol. The van der Waals surface area contributed by atoms with Gasteiger partial charge in [-0.05, 0) is 42.5 Å². The van der Waals surface area contributed by atoms with Crippen molar-refractivity contribution in [3.63, 3.8) is 0 Å². The van der Waals surface area contributed by atoms with Crippen LogP contribution in [-0.2, 0) is 0 Å². The summed E-state index contributed by atoms with van der Waals surface area (Å²) in [6.45, 7) is 0. The van der Waals surface area contributed by atoms with Crippen LogP contribution in [0.1, 0.15) is 11.4 Å². The number of nitro groups is 1. The number of hydrogen-bond acceptors (Lipinski definition) is 5. The normalized spacial score (nSPS) is 11.1. The number of para-hydroxylation sites is 4. The summed E-state index contributed by atoms with van der Waals surface area (Å²) in [5.41, 5.74) is 1.20. The summed E-state index contributed by atoms with van der Waals surface area (Å²) in [5, 5.41) is 11.8. The maximum atomic E-state index is 13.3. The quantitative estimate of drug-likeness (QED) is 0.365. The van der Waals surface area contributed by atoms with Crippen LogP contribution in [0, 0.1) is 10.1 Å². The second kappa shape index (κ2) is 8.00. The molecule has 30 heavy (non-hydrogen) atoms. The summed E-state index contributed by atoms with van der Waals surface area (Å²) in [4.78, 5) is 28.8. The van der Waals surface area contributed by atoms with E-state index in [0.29, 0.717) is 33.7 Å². The minimum atomic E-state index is -0.444. The first-order valence-corrected chi connectivity index (χ1v) is 9.17. The van der Waals surface area contributed by atoms with Crippen molar-refractivity contribution in [2.45, 2.75) is 0 Å². The van der Waals surface area contributed by atoms with Gasteiger partial charge in [0.1, 0.15) is 11.6 Å². The molecule has 0 unspecified atom stereocenters. The molecule has 0 aliphatic carbocycles. The predicted octanol–water partition coefficient (Wildman–Crippen LogP) is 4.47. The van der Waals surface area contributed by atoms with Crippen LogP contribution >= 0.6 is 0 Å². The molecule has 7 nitrogen and oxygen atoms in total. The highest BCUT2D eigenvalue weighted by Gasteiger charge is 2.15. The van der Waals surface area contributed by atoms with Gasteiger partial charge >= 0.3 is 0 Å². The molecule has 0 saturated carbocycles. The molecule has 4 rings (SSSR count). The molecule has 0 aliphatic rings. The first kappa shape index (κ1) is 19.1. The van der Waals surface area contributed by atoms with Crippen LogP contribution in [0.5, 0.6) is 5.75 Å². The van der Waals surface area contributed by atoms with Crippen LogP contribution in [-0.4, -0.2) is 21.6 Å². The molecule has 0 fully saturated rings. The van der Waals surface area contributed by atoms with Gasteiger partial charge in [-0.3, -0.25) is 19.5 Å². The third kappa shape index (κ3) is 3.44. The zero-order chi connectivity index (χ0) is 21.1. The summed E-state index contributed by atoms with van der Waals surface area (Å²) in [6.07, 6.45) is 3.18. The lowest BCUT2D eigenvalue weighted by atomic mass is 10.1. The summed E-state index contributed by atoms with van der Waals surface area (Å²) in [7, 11) is 1.53. The van der Waals surface area contributed by atoms with E-state index in [4.69, 9.17) is 4.74 Å². The monoisotopic (exact) mass is 399 g/mol. The predicted molar refractivity (Wildman–Crippen MR) is 116 cm³/mol. The lowest BCUT2D eigenvalue weighted by molar-refractivity contribution is -0.385. The number of nitro benzene ring substituents is 1. The molecule has 148 valence electrons. The lowest BCUT2D eigenvalue weighted by Crippen LogP contribution is -2.22. The molecule has 0 N–H and O–H groups in total. The number of aromatic nitrogens is 2. The average Bonchev–Trinajstić information content (AvgIpc) is 2.78. The fourth-order valence-corrected chi connectivity index (χ4v) is 3.27. The van der Waals surface area contributed by atoms with Crippen molar-refractivity contribution in [2.75, 3.05) is 7.11 Å². The largest absolute Gasteiger partial charge is 0.495 e. The lowest BCUT2D eigenvalue weighted by Gasteiger charge is -2.14. The molecule has 3 aromatic carbocycles. The first-order chi connectivity index (χ1) is 14.6. The molecule has 4 aromatic rings. The number of nitrogens with zero attached hydrogens (tertiary/aromatic N) is 3. The van der Waals surface area contributed by atoms with Crippen LogP contribution in [0.15, 0.2) is 77.6 Å². The van der Waals surface area contributed by atoms with E-state index in [9.17, 15) is 14.9 Å². The second-order valence-electron chi connectivity index (χ2n) is 6.45. The van der Waals surface area contributed by atoms with Gasteiger partial charge in [0.25, 0.3) is 11.2 Å². The summed E-state index contributed by atoms with van der Waals surface area (Å²) in [6, 6.07) is 20.6. The number of ether oxygens (including phenoxy) is 1. The SMILES string of the molecule is COc1ccccc1-n1c(/C=C/c2ccccc2[N+](=O)[O-])nc2ccccc2c1=O. The van der Waals surface area contributed by atoms with Crippen molar-refractivity contribution in [2.24, 2.45) is 0 Å². The molecule has 0 spiro atoms. The summed E-state index contributed by atoms with van der Waals surface area (Å²) in [5.74, 6) is 0.846. The molecule has 0 bridgehead atoms. The maximum Gasteiger partial charge on any atom is 0.276 e. The Kier molecular flexibility index (Phi) is 5.09. The third-order valence-electron chi connectivity index (χ3n) is 4.67. The number of methoxy groups -OCH3 is 1. The van der Waals surface area contributed by atoms with Crippen molar-refractivity contribution in [3.8, 4) is 11.4 Å². The zero-order valence-electron chi connectivity index (χ0n) is 16.1. The van der Waals surface area contributed by atoms with Crippen LogP contribution < -0.4 is 10.3 Å². The summed E-state index contributed by atoms with van der Waals surface area (Å²) < 4.78 is 6.89. The van der Waals surface area contributed by atoms with Gasteiger partial charge in [-0.25, -0.2) is 4.98 Å². The van der Waals surface area contributed by atoms with E-state index in [1.165, 1.54) is 17.7 Å². The molecule has 1 heterocycles. The van der Waals surface area contributed by atoms with Crippen LogP contribution in [0.2, 0.25) is 0 Å². The minimum absolute atomic E-state index is 0.0271. The Hall–Kier alpha value is -4.26. The van der Waals surface area contributed by atoms with Crippen molar-refractivity contribution in [1.29, 1.82) is 0 Å². The fourth-order valence-electron chi connectivity index (χ4n) is 3.27. The summed E-state index contributed by atoms with van der Waals surface area (Å²) >= 11 is 0. The first-order valence-electron chi connectivity index (χ1n) is 9.17. The van der Waals surface area contributed by atoms with Gasteiger partial charge in [-0.15, -0.1) is 0 Å². The van der Waals surface area contributed by atoms with E-state index < -0.39 is 4.92 Å². The van der Waals surface area contributed by atoms with Crippen LogP contribution in [0.3, 0.4) is 0 Å². The average molecular weight is 399 g/mol. The molecule has 0 atom stereocenters. The Morgan fingerprint density at radius 1 is 0.967 bits per heavy atom. The van der Waals surface area contributed by atoms with E-state index in [-0.39, 0.29) is 11.2 Å². The van der Waals surface area contributed by atoms with Gasteiger partial charge in [-0.1, -0.05) is 36.4 Å². The van der Waals surface area contributed by atoms with E-state index in [1.807, 2.05) is 6.07 Å². The van der Waals surface area contributed by atoms with Crippen molar-refractivity contribution < 1.29 is 9.66 Å². The molecule has 0 amide bonds.